The lowest BCUT2D eigenvalue weighted by molar-refractivity contribution is 0.238. The van der Waals surface area contributed by atoms with Crippen molar-refractivity contribution in [2.75, 3.05) is 27.2 Å². The van der Waals surface area contributed by atoms with Gasteiger partial charge in [-0.2, -0.15) is 10.4 Å². The SMILES string of the molecule is C=C(/C=C(/C#N)C(=C)N(C)CCN(C)C(=C)/C=C\C(=C)N1C=NN(C(CC)CC)C1=C)CC. The minimum atomic E-state index is 0.333. The van der Waals surface area contributed by atoms with Gasteiger partial charge in [-0.3, -0.25) is 4.90 Å². The number of allylic oxidation sites excluding steroid dienone is 5. The fraction of sp³-hybridized carbons (Fsp3) is 0.407. The van der Waals surface area contributed by atoms with Gasteiger partial charge in [0.15, 0.2) is 0 Å². The van der Waals surface area contributed by atoms with Crippen molar-refractivity contribution in [3.8, 4) is 6.07 Å². The molecule has 1 rings (SSSR count). The smallest absolute Gasteiger partial charge is 0.128 e. The van der Waals surface area contributed by atoms with Crippen molar-refractivity contribution < 1.29 is 0 Å². The van der Waals surface area contributed by atoms with Gasteiger partial charge in [0.1, 0.15) is 18.2 Å². The Morgan fingerprint density at radius 3 is 2.24 bits per heavy atom. The maximum Gasteiger partial charge on any atom is 0.128 e. The fourth-order valence-corrected chi connectivity index (χ4v) is 3.20. The van der Waals surface area contributed by atoms with E-state index < -0.39 is 0 Å². The molecule has 0 aromatic carbocycles. The third-order valence-electron chi connectivity index (χ3n) is 5.86. The van der Waals surface area contributed by atoms with E-state index in [0.717, 1.165) is 48.6 Å². The van der Waals surface area contributed by atoms with Crippen LogP contribution in [0.5, 0.6) is 0 Å². The largest absolute Gasteiger partial charge is 0.373 e. The highest BCUT2D eigenvalue weighted by Crippen LogP contribution is 2.25. The zero-order valence-corrected chi connectivity index (χ0v) is 21.1. The van der Waals surface area contributed by atoms with Gasteiger partial charge in [0.25, 0.3) is 0 Å². The molecule has 1 aliphatic rings. The van der Waals surface area contributed by atoms with E-state index in [2.05, 4.69) is 62.8 Å². The van der Waals surface area contributed by atoms with E-state index in [-0.39, 0.29) is 0 Å². The Kier molecular flexibility index (Phi) is 11.0. The molecule has 0 saturated heterocycles. The predicted molar refractivity (Wildman–Crippen MR) is 141 cm³/mol. The summed E-state index contributed by atoms with van der Waals surface area (Å²) >= 11 is 0. The summed E-state index contributed by atoms with van der Waals surface area (Å²) < 4.78 is 0. The van der Waals surface area contributed by atoms with Crippen LogP contribution in [-0.4, -0.2) is 59.3 Å². The fourth-order valence-electron chi connectivity index (χ4n) is 3.20. The Morgan fingerprint density at radius 1 is 1.09 bits per heavy atom. The number of nitriles is 1. The molecule has 0 atom stereocenters. The van der Waals surface area contributed by atoms with Gasteiger partial charge in [-0.05, 0) is 37.5 Å². The number of hydrogen-bond acceptors (Lipinski definition) is 6. The summed E-state index contributed by atoms with van der Waals surface area (Å²) in [5, 5.41) is 15.9. The molecule has 1 heterocycles. The first kappa shape index (κ1) is 27.6. The van der Waals surface area contributed by atoms with Crippen LogP contribution in [0.1, 0.15) is 40.0 Å². The van der Waals surface area contributed by atoms with Gasteiger partial charge >= 0.3 is 0 Å². The Bertz CT molecular complexity index is 894. The maximum absolute atomic E-state index is 9.45. The van der Waals surface area contributed by atoms with Gasteiger partial charge in [0.05, 0.1) is 11.6 Å². The van der Waals surface area contributed by atoms with Crippen molar-refractivity contribution in [2.24, 2.45) is 5.10 Å². The van der Waals surface area contributed by atoms with Crippen molar-refractivity contribution in [2.45, 2.75) is 46.1 Å². The standard InChI is InChI=1S/C27H40N6/c1-11-21(4)18-26(19-28)24(7)31(10)17-16-30(9)22(5)14-15-23(6)32-20-29-33(25(32)8)27(12-2)13-3/h14-15,18,20,27H,4-8,11-13,16-17H2,1-3,9-10H3/b15-14-,26-18-. The molecule has 0 saturated carbocycles. The topological polar surface area (TPSA) is 49.1 Å². The van der Waals surface area contributed by atoms with Crippen molar-refractivity contribution in [3.63, 3.8) is 0 Å². The zero-order valence-electron chi connectivity index (χ0n) is 21.1. The third kappa shape index (κ3) is 7.57. The van der Waals surface area contributed by atoms with Crippen LogP contribution in [-0.2, 0) is 0 Å². The van der Waals surface area contributed by atoms with Gasteiger partial charge in [-0.25, -0.2) is 5.01 Å². The van der Waals surface area contributed by atoms with E-state index in [1.807, 2.05) is 48.0 Å². The second kappa shape index (κ2) is 13.2. The quantitative estimate of drug-likeness (QED) is 0.256. The summed E-state index contributed by atoms with van der Waals surface area (Å²) in [4.78, 5) is 5.92. The summed E-state index contributed by atoms with van der Waals surface area (Å²) in [6.07, 6.45) is 10.2. The number of likely N-dealkylation sites (N-methyl/N-ethyl adjacent to an activating group) is 2. The molecule has 0 spiro atoms. The van der Waals surface area contributed by atoms with Crippen LogP contribution >= 0.6 is 0 Å². The highest BCUT2D eigenvalue weighted by Gasteiger charge is 2.25. The zero-order chi connectivity index (χ0) is 25.1. The van der Waals surface area contributed by atoms with E-state index in [4.69, 9.17) is 0 Å². The lowest BCUT2D eigenvalue weighted by atomic mass is 10.1. The summed E-state index contributed by atoms with van der Waals surface area (Å²) in [6.45, 7) is 28.3. The first-order chi connectivity index (χ1) is 15.6. The van der Waals surface area contributed by atoms with E-state index in [1.54, 1.807) is 12.4 Å². The van der Waals surface area contributed by atoms with E-state index in [9.17, 15) is 5.26 Å². The van der Waals surface area contributed by atoms with Gasteiger partial charge < -0.3 is 9.80 Å². The van der Waals surface area contributed by atoms with Gasteiger partial charge in [0, 0.05) is 44.3 Å². The normalized spacial score (nSPS) is 13.6. The van der Waals surface area contributed by atoms with Crippen molar-refractivity contribution in [3.05, 3.63) is 85.2 Å². The van der Waals surface area contributed by atoms with Crippen LogP contribution in [0.15, 0.2) is 90.3 Å². The Hall–Kier alpha value is -3.46. The van der Waals surface area contributed by atoms with Crippen molar-refractivity contribution >= 4 is 6.34 Å². The second-order valence-electron chi connectivity index (χ2n) is 8.12. The molecule has 0 aromatic heterocycles. The Balaban J connectivity index is 2.64. The first-order valence-corrected chi connectivity index (χ1v) is 11.4. The van der Waals surface area contributed by atoms with Crippen LogP contribution in [0.2, 0.25) is 0 Å². The van der Waals surface area contributed by atoms with Crippen LogP contribution in [0.3, 0.4) is 0 Å². The molecule has 1 aliphatic heterocycles. The number of rotatable bonds is 14. The highest BCUT2D eigenvalue weighted by atomic mass is 15.6. The molecule has 6 nitrogen and oxygen atoms in total. The van der Waals surface area contributed by atoms with E-state index in [0.29, 0.717) is 23.9 Å². The molecule has 178 valence electrons. The molecule has 6 heteroatoms. The Labute approximate surface area is 201 Å². The summed E-state index contributed by atoms with van der Waals surface area (Å²) in [5.41, 5.74) is 3.76. The van der Waals surface area contributed by atoms with Gasteiger partial charge in [-0.15, -0.1) is 0 Å². The molecule has 0 amide bonds. The number of nitrogens with zero attached hydrogens (tertiary/aromatic N) is 6. The van der Waals surface area contributed by atoms with Crippen LogP contribution in [0.25, 0.3) is 0 Å². The van der Waals surface area contributed by atoms with Gasteiger partial charge in [0.2, 0.25) is 0 Å². The first-order valence-electron chi connectivity index (χ1n) is 11.4. The van der Waals surface area contributed by atoms with E-state index in [1.165, 1.54) is 0 Å². The number of hydrazone groups is 1. The lowest BCUT2D eigenvalue weighted by Gasteiger charge is -2.28. The van der Waals surface area contributed by atoms with Gasteiger partial charge in [-0.1, -0.05) is 59.2 Å². The third-order valence-corrected chi connectivity index (χ3v) is 5.86. The number of hydrogen-bond donors (Lipinski definition) is 0. The maximum atomic E-state index is 9.45. The Morgan fingerprint density at radius 2 is 1.70 bits per heavy atom. The molecule has 0 N–H and O–H groups in total. The van der Waals surface area contributed by atoms with Crippen molar-refractivity contribution in [1.82, 2.24) is 19.7 Å². The molecule has 0 radical (unpaired) electrons. The molecule has 33 heavy (non-hydrogen) atoms. The molecule has 0 aromatic rings. The van der Waals surface area contributed by atoms with Crippen LogP contribution in [0, 0.1) is 11.3 Å². The van der Waals surface area contributed by atoms with Crippen LogP contribution in [0.4, 0.5) is 0 Å². The minimum Gasteiger partial charge on any atom is -0.373 e. The summed E-state index contributed by atoms with van der Waals surface area (Å²) in [7, 11) is 3.91. The monoisotopic (exact) mass is 448 g/mol. The van der Waals surface area contributed by atoms with Crippen LogP contribution < -0.4 is 0 Å². The molecular formula is C27H40N6. The average molecular weight is 449 g/mol. The minimum absolute atomic E-state index is 0.333. The summed E-state index contributed by atoms with van der Waals surface area (Å²) in [5.74, 6) is 0.810. The predicted octanol–water partition coefficient (Wildman–Crippen LogP) is 5.58. The summed E-state index contributed by atoms with van der Waals surface area (Å²) in [6, 6.07) is 2.55. The average Bonchev–Trinajstić information content (AvgIpc) is 3.20. The second-order valence-corrected chi connectivity index (χ2v) is 8.12. The molecule has 0 fully saturated rings. The molecule has 0 bridgehead atoms. The molecular weight excluding hydrogens is 408 g/mol. The molecule has 0 aliphatic carbocycles. The molecule has 0 unspecified atom stereocenters. The van der Waals surface area contributed by atoms with E-state index >= 15 is 0 Å². The van der Waals surface area contributed by atoms with Crippen molar-refractivity contribution in [1.29, 1.82) is 5.26 Å². The lowest BCUT2D eigenvalue weighted by Crippen LogP contribution is -2.30. The highest BCUT2D eigenvalue weighted by molar-refractivity contribution is 5.64.